The first kappa shape index (κ1) is 22.1. The van der Waals surface area contributed by atoms with Gasteiger partial charge in [-0.15, -0.1) is 0 Å². The van der Waals surface area contributed by atoms with E-state index in [4.69, 9.17) is 9.72 Å². The average molecular weight is 477 g/mol. The second-order valence-corrected chi connectivity index (χ2v) is 10.6. The van der Waals surface area contributed by atoms with Crippen LogP contribution in [0.15, 0.2) is 60.7 Å². The fraction of sp³-hybridized carbons (Fsp3) is 0.240. The number of rotatable bonds is 5. The zero-order valence-corrected chi connectivity index (χ0v) is 19.7. The number of nitrogens with zero attached hydrogens (tertiary/aromatic N) is 3. The molecule has 1 amide bonds. The van der Waals surface area contributed by atoms with Crippen molar-refractivity contribution in [3.8, 4) is 17.0 Å². The Bertz CT molecular complexity index is 1500. The maximum Gasteiger partial charge on any atom is 0.256 e. The van der Waals surface area contributed by atoms with E-state index in [0.717, 1.165) is 5.56 Å². The summed E-state index contributed by atoms with van der Waals surface area (Å²) in [5.41, 5.74) is 3.63. The lowest BCUT2D eigenvalue weighted by atomic mass is 10.0. The zero-order valence-electron chi connectivity index (χ0n) is 18.9. The molecule has 0 spiro atoms. The number of sulfone groups is 1. The first-order chi connectivity index (χ1) is 16.3. The summed E-state index contributed by atoms with van der Waals surface area (Å²) in [5, 5.41) is 8.20. The highest BCUT2D eigenvalue weighted by atomic mass is 32.2. The minimum atomic E-state index is -3.12. The Kier molecular flexibility index (Phi) is 5.57. The van der Waals surface area contributed by atoms with Crippen molar-refractivity contribution < 1.29 is 17.9 Å². The van der Waals surface area contributed by atoms with Crippen molar-refractivity contribution in [2.24, 2.45) is 0 Å². The molecule has 2 aromatic carbocycles. The van der Waals surface area contributed by atoms with Crippen molar-refractivity contribution in [2.45, 2.75) is 19.4 Å². The Morgan fingerprint density at radius 2 is 1.91 bits per heavy atom. The zero-order chi connectivity index (χ0) is 23.9. The van der Waals surface area contributed by atoms with E-state index >= 15 is 0 Å². The van der Waals surface area contributed by atoms with E-state index in [1.54, 1.807) is 42.1 Å². The first-order valence-electron chi connectivity index (χ1n) is 11.0. The van der Waals surface area contributed by atoms with Gasteiger partial charge in [-0.05, 0) is 31.5 Å². The molecule has 0 aliphatic carbocycles. The number of carbonyl (C=O) groups excluding carboxylic acids is 1. The highest BCUT2D eigenvalue weighted by Crippen LogP contribution is 2.32. The molecule has 2 aromatic heterocycles. The number of aromatic nitrogens is 3. The number of carbonyl (C=O) groups is 1. The summed E-state index contributed by atoms with van der Waals surface area (Å²) in [4.78, 5) is 18.3. The SMILES string of the molecule is COc1cccc(NC(=O)c2cc(-c3ccccc3)nc3c2c(C)nn3C2CCS(=O)(=O)C2)c1. The highest BCUT2D eigenvalue weighted by Gasteiger charge is 2.32. The molecule has 3 heterocycles. The van der Waals surface area contributed by atoms with Crippen LogP contribution in [0.1, 0.15) is 28.5 Å². The predicted molar refractivity (Wildman–Crippen MR) is 131 cm³/mol. The summed E-state index contributed by atoms with van der Waals surface area (Å²) in [5.74, 6) is 0.472. The number of hydrogen-bond acceptors (Lipinski definition) is 6. The van der Waals surface area contributed by atoms with Gasteiger partial charge in [0, 0.05) is 17.3 Å². The number of nitrogens with one attached hydrogen (secondary N) is 1. The normalized spacial score (nSPS) is 17.1. The second-order valence-electron chi connectivity index (χ2n) is 8.39. The van der Waals surface area contributed by atoms with E-state index in [1.165, 1.54) is 0 Å². The van der Waals surface area contributed by atoms with E-state index in [9.17, 15) is 13.2 Å². The molecule has 174 valence electrons. The minimum absolute atomic E-state index is 0.0196. The van der Waals surface area contributed by atoms with Crippen molar-refractivity contribution in [3.63, 3.8) is 0 Å². The summed E-state index contributed by atoms with van der Waals surface area (Å²) < 4.78 is 31.2. The number of ether oxygens (including phenoxy) is 1. The molecule has 1 aliphatic rings. The van der Waals surface area contributed by atoms with E-state index in [-0.39, 0.29) is 23.5 Å². The molecule has 1 saturated heterocycles. The topological polar surface area (TPSA) is 103 Å². The molecule has 0 saturated carbocycles. The Labute approximate surface area is 197 Å². The number of pyridine rings is 1. The number of methoxy groups -OCH3 is 1. The minimum Gasteiger partial charge on any atom is -0.497 e. The van der Waals surface area contributed by atoms with Crippen molar-refractivity contribution >= 4 is 32.5 Å². The van der Waals surface area contributed by atoms with Gasteiger partial charge >= 0.3 is 0 Å². The molecule has 1 fully saturated rings. The molecule has 1 N–H and O–H groups in total. The van der Waals surface area contributed by atoms with Crippen LogP contribution in [0.25, 0.3) is 22.3 Å². The van der Waals surface area contributed by atoms with Crippen molar-refractivity contribution in [1.82, 2.24) is 14.8 Å². The summed E-state index contributed by atoms with van der Waals surface area (Å²) in [6.07, 6.45) is 0.473. The Balaban J connectivity index is 1.66. The Morgan fingerprint density at radius 1 is 1.12 bits per heavy atom. The molecular formula is C25H24N4O4S. The van der Waals surface area contributed by atoms with Gasteiger partial charge in [0.1, 0.15) is 5.75 Å². The van der Waals surface area contributed by atoms with Crippen molar-refractivity contribution in [3.05, 3.63) is 71.9 Å². The van der Waals surface area contributed by atoms with Gasteiger partial charge in [0.2, 0.25) is 0 Å². The Hall–Kier alpha value is -3.72. The summed E-state index contributed by atoms with van der Waals surface area (Å²) in [6, 6.07) is 18.2. The van der Waals surface area contributed by atoms with Crippen LogP contribution in [0.5, 0.6) is 5.75 Å². The van der Waals surface area contributed by atoms with Crippen LogP contribution in [-0.2, 0) is 9.84 Å². The maximum atomic E-state index is 13.5. The lowest BCUT2D eigenvalue weighted by molar-refractivity contribution is 0.102. The van der Waals surface area contributed by atoms with Gasteiger partial charge in [-0.1, -0.05) is 36.4 Å². The summed E-state index contributed by atoms with van der Waals surface area (Å²) >= 11 is 0. The summed E-state index contributed by atoms with van der Waals surface area (Å²) in [6.45, 7) is 1.81. The van der Waals surface area contributed by atoms with Crippen LogP contribution in [0.3, 0.4) is 0 Å². The largest absolute Gasteiger partial charge is 0.497 e. The fourth-order valence-electron chi connectivity index (χ4n) is 4.37. The molecule has 4 aromatic rings. The lowest BCUT2D eigenvalue weighted by Crippen LogP contribution is -2.15. The maximum absolute atomic E-state index is 13.5. The molecule has 1 unspecified atom stereocenters. The van der Waals surface area contributed by atoms with Gasteiger partial charge in [0.25, 0.3) is 5.91 Å². The van der Waals surface area contributed by atoms with Crippen LogP contribution >= 0.6 is 0 Å². The third-order valence-corrected chi connectivity index (χ3v) is 7.78. The van der Waals surface area contributed by atoms with E-state index in [0.29, 0.717) is 45.8 Å². The van der Waals surface area contributed by atoms with Crippen LogP contribution in [0.4, 0.5) is 5.69 Å². The molecular weight excluding hydrogens is 452 g/mol. The van der Waals surface area contributed by atoms with Gasteiger partial charge in [0.15, 0.2) is 15.5 Å². The number of anilines is 1. The molecule has 1 atom stereocenters. The van der Waals surface area contributed by atoms with E-state index < -0.39 is 9.84 Å². The van der Waals surface area contributed by atoms with Gasteiger partial charge in [-0.25, -0.2) is 18.1 Å². The number of amides is 1. The van der Waals surface area contributed by atoms with Gasteiger partial charge < -0.3 is 10.1 Å². The van der Waals surface area contributed by atoms with Crippen molar-refractivity contribution in [2.75, 3.05) is 23.9 Å². The smallest absolute Gasteiger partial charge is 0.256 e. The third kappa shape index (κ3) is 4.14. The number of hydrogen-bond donors (Lipinski definition) is 1. The standard InChI is InChI=1S/C25H24N4O4S/c1-16-23-21(25(30)26-18-9-6-10-20(13-18)33-2)14-22(17-7-4-3-5-8-17)27-24(23)29(28-16)19-11-12-34(31,32)15-19/h3-10,13-14,19H,11-12,15H2,1-2H3,(H,26,30). The van der Waals surface area contributed by atoms with Crippen LogP contribution in [0, 0.1) is 6.92 Å². The van der Waals surface area contributed by atoms with Gasteiger partial charge in [0.05, 0.1) is 47.0 Å². The van der Waals surface area contributed by atoms with Gasteiger partial charge in [-0.3, -0.25) is 4.79 Å². The second kappa shape index (κ2) is 8.57. The average Bonchev–Trinajstić information content (AvgIpc) is 3.37. The molecule has 5 rings (SSSR count). The summed E-state index contributed by atoms with van der Waals surface area (Å²) in [7, 11) is -1.55. The van der Waals surface area contributed by atoms with E-state index in [1.807, 2.05) is 37.3 Å². The molecule has 9 heteroatoms. The highest BCUT2D eigenvalue weighted by molar-refractivity contribution is 7.91. The number of aryl methyl sites for hydroxylation is 1. The Morgan fingerprint density at radius 3 is 2.62 bits per heavy atom. The predicted octanol–water partition coefficient (Wildman–Crippen LogP) is 4.03. The molecule has 0 radical (unpaired) electrons. The van der Waals surface area contributed by atoms with Crippen LogP contribution < -0.4 is 10.1 Å². The third-order valence-electron chi connectivity index (χ3n) is 6.03. The van der Waals surface area contributed by atoms with Crippen molar-refractivity contribution in [1.29, 1.82) is 0 Å². The lowest BCUT2D eigenvalue weighted by Gasteiger charge is -2.13. The fourth-order valence-corrected chi connectivity index (χ4v) is 6.06. The number of fused-ring (bicyclic) bond motifs is 1. The first-order valence-corrected chi connectivity index (χ1v) is 12.8. The van der Waals surface area contributed by atoms with Crippen LogP contribution in [0.2, 0.25) is 0 Å². The molecule has 8 nitrogen and oxygen atoms in total. The molecule has 34 heavy (non-hydrogen) atoms. The van der Waals surface area contributed by atoms with E-state index in [2.05, 4.69) is 10.4 Å². The monoisotopic (exact) mass is 476 g/mol. The molecule has 0 bridgehead atoms. The van der Waals surface area contributed by atoms with Gasteiger partial charge in [-0.2, -0.15) is 5.10 Å². The quantitative estimate of drug-likeness (QED) is 0.467. The molecule has 1 aliphatic heterocycles. The van der Waals surface area contributed by atoms with Crippen LogP contribution in [-0.4, -0.2) is 47.7 Å². The number of benzene rings is 2.